The van der Waals surface area contributed by atoms with Crippen LogP contribution in [0.25, 0.3) is 0 Å². The molecular formula is C21H25ClFN3O2. The maximum Gasteiger partial charge on any atom is 0.319 e. The lowest BCUT2D eigenvalue weighted by Crippen LogP contribution is -2.45. The number of methoxy groups -OCH3 is 1. The van der Waals surface area contributed by atoms with Gasteiger partial charge in [0, 0.05) is 36.4 Å². The Morgan fingerprint density at radius 3 is 2.64 bits per heavy atom. The average Bonchev–Trinajstić information content (AvgIpc) is 2.66. The van der Waals surface area contributed by atoms with E-state index < -0.39 is 0 Å². The van der Waals surface area contributed by atoms with Crippen molar-refractivity contribution in [3.63, 3.8) is 0 Å². The molecule has 1 heterocycles. The quantitative estimate of drug-likeness (QED) is 0.765. The molecule has 0 saturated carbocycles. The lowest BCUT2D eigenvalue weighted by atomic mass is 10.0. The summed E-state index contributed by atoms with van der Waals surface area (Å²) >= 11 is 6.09. The molecule has 0 unspecified atom stereocenters. The monoisotopic (exact) mass is 405 g/mol. The Bertz CT molecular complexity index is 838. The van der Waals surface area contributed by atoms with Crippen molar-refractivity contribution < 1.29 is 13.9 Å². The first kappa shape index (κ1) is 20.4. The minimum absolute atomic E-state index is 0.116. The van der Waals surface area contributed by atoms with E-state index in [1.165, 1.54) is 13.2 Å². The molecule has 28 heavy (non-hydrogen) atoms. The molecule has 0 radical (unpaired) electrons. The number of piperidine rings is 1. The standard InChI is InChI=1S/C21H25ClFN3O2/c1-14-3-5-17(12-18(14)22)25-21(27)24-16-7-9-26(10-8-16)13-15-4-6-20(28-2)19(23)11-15/h3-6,11-12,16H,7-10,13H2,1-2H3,(H2,24,25,27). The highest BCUT2D eigenvalue weighted by molar-refractivity contribution is 6.31. The molecule has 150 valence electrons. The molecule has 2 amide bonds. The van der Waals surface area contributed by atoms with Crippen LogP contribution in [0, 0.1) is 12.7 Å². The molecule has 1 saturated heterocycles. The molecule has 5 nitrogen and oxygen atoms in total. The largest absolute Gasteiger partial charge is 0.494 e. The van der Waals surface area contributed by atoms with Gasteiger partial charge >= 0.3 is 6.03 Å². The zero-order valence-corrected chi connectivity index (χ0v) is 16.9. The third-order valence-electron chi connectivity index (χ3n) is 4.97. The van der Waals surface area contributed by atoms with Gasteiger partial charge in [-0.1, -0.05) is 23.7 Å². The number of amides is 2. The zero-order valence-electron chi connectivity index (χ0n) is 16.1. The summed E-state index contributed by atoms with van der Waals surface area (Å²) in [5.41, 5.74) is 2.56. The molecule has 2 aromatic carbocycles. The van der Waals surface area contributed by atoms with Crippen molar-refractivity contribution in [2.75, 3.05) is 25.5 Å². The van der Waals surface area contributed by atoms with Crippen LogP contribution in [0.15, 0.2) is 36.4 Å². The third kappa shape index (κ3) is 5.36. The van der Waals surface area contributed by atoms with Crippen molar-refractivity contribution >= 4 is 23.3 Å². The number of nitrogens with one attached hydrogen (secondary N) is 2. The molecule has 1 aliphatic rings. The van der Waals surface area contributed by atoms with Gasteiger partial charge in [-0.05, 0) is 55.2 Å². The van der Waals surface area contributed by atoms with Crippen LogP contribution in [0.3, 0.4) is 0 Å². The number of hydrogen-bond acceptors (Lipinski definition) is 3. The molecule has 2 N–H and O–H groups in total. The summed E-state index contributed by atoms with van der Waals surface area (Å²) < 4.78 is 18.8. The maximum absolute atomic E-state index is 13.8. The highest BCUT2D eigenvalue weighted by Crippen LogP contribution is 2.21. The van der Waals surface area contributed by atoms with Gasteiger partial charge in [-0.15, -0.1) is 0 Å². The number of aryl methyl sites for hydroxylation is 1. The van der Waals surface area contributed by atoms with E-state index in [0.29, 0.717) is 17.3 Å². The third-order valence-corrected chi connectivity index (χ3v) is 5.38. The fourth-order valence-corrected chi connectivity index (χ4v) is 3.51. The Morgan fingerprint density at radius 2 is 2.00 bits per heavy atom. The van der Waals surface area contributed by atoms with Crippen LogP contribution in [0.4, 0.5) is 14.9 Å². The number of likely N-dealkylation sites (tertiary alicyclic amines) is 1. The van der Waals surface area contributed by atoms with E-state index in [-0.39, 0.29) is 23.6 Å². The van der Waals surface area contributed by atoms with Gasteiger partial charge in [-0.2, -0.15) is 0 Å². The maximum atomic E-state index is 13.8. The first-order chi connectivity index (χ1) is 13.4. The Hall–Kier alpha value is -2.31. The van der Waals surface area contributed by atoms with Gasteiger partial charge in [-0.25, -0.2) is 9.18 Å². The minimum atomic E-state index is -0.343. The molecule has 0 bridgehead atoms. The molecule has 0 spiro atoms. The molecule has 1 fully saturated rings. The fourth-order valence-electron chi connectivity index (χ4n) is 3.33. The first-order valence-corrected chi connectivity index (χ1v) is 9.71. The van der Waals surface area contributed by atoms with E-state index in [1.54, 1.807) is 12.1 Å². The van der Waals surface area contributed by atoms with E-state index in [0.717, 1.165) is 37.1 Å². The summed E-state index contributed by atoms with van der Waals surface area (Å²) in [6.07, 6.45) is 1.70. The highest BCUT2D eigenvalue weighted by Gasteiger charge is 2.21. The van der Waals surface area contributed by atoms with Crippen LogP contribution in [-0.2, 0) is 6.54 Å². The molecule has 7 heteroatoms. The highest BCUT2D eigenvalue weighted by atomic mass is 35.5. The van der Waals surface area contributed by atoms with E-state index in [4.69, 9.17) is 16.3 Å². The summed E-state index contributed by atoms with van der Waals surface area (Å²) in [6, 6.07) is 10.4. The number of halogens is 2. The number of anilines is 1. The molecule has 3 rings (SSSR count). The Labute approximate surface area is 169 Å². The van der Waals surface area contributed by atoms with E-state index in [2.05, 4.69) is 15.5 Å². The topological polar surface area (TPSA) is 53.6 Å². The number of nitrogens with zero attached hydrogens (tertiary/aromatic N) is 1. The summed E-state index contributed by atoms with van der Waals surface area (Å²) in [7, 11) is 1.46. The van der Waals surface area contributed by atoms with Crippen molar-refractivity contribution in [1.29, 1.82) is 0 Å². The summed E-state index contributed by atoms with van der Waals surface area (Å²) in [6.45, 7) is 4.28. The van der Waals surface area contributed by atoms with Gasteiger partial charge < -0.3 is 15.4 Å². The molecular weight excluding hydrogens is 381 g/mol. The predicted molar refractivity (Wildman–Crippen MR) is 110 cm³/mol. The van der Waals surface area contributed by atoms with Crippen molar-refractivity contribution in [3.8, 4) is 5.75 Å². The number of rotatable bonds is 5. The first-order valence-electron chi connectivity index (χ1n) is 9.33. The number of hydrogen-bond donors (Lipinski definition) is 2. The molecule has 0 atom stereocenters. The molecule has 1 aliphatic heterocycles. The van der Waals surface area contributed by atoms with Crippen molar-refractivity contribution in [2.24, 2.45) is 0 Å². The molecule has 0 aromatic heterocycles. The van der Waals surface area contributed by atoms with Crippen LogP contribution in [0.2, 0.25) is 5.02 Å². The second-order valence-corrected chi connectivity index (χ2v) is 7.49. The summed E-state index contributed by atoms with van der Waals surface area (Å²) in [4.78, 5) is 14.5. The number of benzene rings is 2. The summed E-state index contributed by atoms with van der Waals surface area (Å²) in [5.74, 6) is -0.0861. The average molecular weight is 406 g/mol. The second-order valence-electron chi connectivity index (χ2n) is 7.08. The smallest absolute Gasteiger partial charge is 0.319 e. The predicted octanol–water partition coefficient (Wildman–Crippen LogP) is 4.58. The SMILES string of the molecule is COc1ccc(CN2CCC(NC(=O)Nc3ccc(C)c(Cl)c3)CC2)cc1F. The van der Waals surface area contributed by atoms with Gasteiger partial charge in [0.15, 0.2) is 11.6 Å². The number of urea groups is 1. The van der Waals surface area contributed by atoms with Crippen molar-refractivity contribution in [2.45, 2.75) is 32.4 Å². The molecule has 0 aliphatic carbocycles. The Kier molecular flexibility index (Phi) is 6.75. The lowest BCUT2D eigenvalue weighted by Gasteiger charge is -2.32. The van der Waals surface area contributed by atoms with Crippen LogP contribution < -0.4 is 15.4 Å². The van der Waals surface area contributed by atoms with E-state index in [9.17, 15) is 9.18 Å². The minimum Gasteiger partial charge on any atom is -0.494 e. The zero-order chi connectivity index (χ0) is 20.1. The molecule has 2 aromatic rings. The van der Waals surface area contributed by atoms with Gasteiger partial charge in [0.25, 0.3) is 0 Å². The van der Waals surface area contributed by atoms with Gasteiger partial charge in [0.05, 0.1) is 7.11 Å². The summed E-state index contributed by atoms with van der Waals surface area (Å²) in [5, 5.41) is 6.46. The van der Waals surface area contributed by atoms with Crippen LogP contribution in [-0.4, -0.2) is 37.2 Å². The Morgan fingerprint density at radius 1 is 1.25 bits per heavy atom. The Balaban J connectivity index is 1.45. The van der Waals surface area contributed by atoms with Crippen LogP contribution >= 0.6 is 11.6 Å². The number of carbonyl (C=O) groups excluding carboxylic acids is 1. The number of ether oxygens (including phenoxy) is 1. The van der Waals surface area contributed by atoms with Crippen molar-refractivity contribution in [1.82, 2.24) is 10.2 Å². The van der Waals surface area contributed by atoms with Crippen LogP contribution in [0.1, 0.15) is 24.0 Å². The normalized spacial score (nSPS) is 15.3. The van der Waals surface area contributed by atoms with Gasteiger partial charge in [-0.3, -0.25) is 4.90 Å². The van der Waals surface area contributed by atoms with Gasteiger partial charge in [0.1, 0.15) is 0 Å². The van der Waals surface area contributed by atoms with E-state index in [1.807, 2.05) is 25.1 Å². The second kappa shape index (κ2) is 9.26. The van der Waals surface area contributed by atoms with Crippen LogP contribution in [0.5, 0.6) is 5.75 Å². The fraction of sp³-hybridized carbons (Fsp3) is 0.381. The number of carbonyl (C=O) groups is 1. The van der Waals surface area contributed by atoms with Crippen molar-refractivity contribution in [3.05, 3.63) is 58.4 Å². The van der Waals surface area contributed by atoms with Gasteiger partial charge in [0.2, 0.25) is 0 Å². The lowest BCUT2D eigenvalue weighted by molar-refractivity contribution is 0.189. The van der Waals surface area contributed by atoms with E-state index >= 15 is 0 Å².